The topological polar surface area (TPSA) is 37.8 Å². The third-order valence-electron chi connectivity index (χ3n) is 4.57. The van der Waals surface area contributed by atoms with Crippen molar-refractivity contribution in [2.45, 2.75) is 78.7 Å². The Balaban J connectivity index is 2.11. The number of fused-ring (bicyclic) bond motifs is 1. The lowest BCUT2D eigenvalue weighted by molar-refractivity contribution is 0.346. The summed E-state index contributed by atoms with van der Waals surface area (Å²) in [5, 5.41) is 3.64. The molecule has 0 fully saturated rings. The summed E-state index contributed by atoms with van der Waals surface area (Å²) in [6.07, 6.45) is 4.59. The second-order valence-electron chi connectivity index (χ2n) is 7.64. The molecule has 0 aromatic carbocycles. The van der Waals surface area contributed by atoms with Gasteiger partial charge in [-0.25, -0.2) is 9.97 Å². The van der Waals surface area contributed by atoms with E-state index >= 15 is 0 Å². The fraction of sp³-hybridized carbons (Fsp3) is 0.778. The first-order valence-corrected chi connectivity index (χ1v) is 8.41. The highest BCUT2D eigenvalue weighted by atomic mass is 14.9. The second-order valence-corrected chi connectivity index (χ2v) is 7.64. The molecule has 1 N–H and O–H groups in total. The minimum absolute atomic E-state index is 0.201. The maximum atomic E-state index is 4.86. The fourth-order valence-corrected chi connectivity index (χ4v) is 2.91. The number of hydrogen-bond donors (Lipinski definition) is 1. The van der Waals surface area contributed by atoms with Crippen molar-refractivity contribution in [2.24, 2.45) is 5.92 Å². The van der Waals surface area contributed by atoms with Crippen molar-refractivity contribution in [3.8, 4) is 0 Å². The van der Waals surface area contributed by atoms with Gasteiger partial charge in [-0.3, -0.25) is 0 Å². The highest BCUT2D eigenvalue weighted by Gasteiger charge is 2.24. The molecule has 1 aliphatic carbocycles. The highest BCUT2D eigenvalue weighted by molar-refractivity contribution is 5.29. The van der Waals surface area contributed by atoms with E-state index in [1.165, 1.54) is 23.4 Å². The number of nitrogens with zero attached hydrogens (tertiary/aromatic N) is 2. The Kier molecular flexibility index (Phi) is 5.03. The van der Waals surface area contributed by atoms with Crippen molar-refractivity contribution in [2.75, 3.05) is 6.54 Å². The summed E-state index contributed by atoms with van der Waals surface area (Å²) in [5.41, 5.74) is 4.13. The molecule has 2 unspecified atom stereocenters. The van der Waals surface area contributed by atoms with Gasteiger partial charge >= 0.3 is 0 Å². The van der Waals surface area contributed by atoms with Crippen molar-refractivity contribution >= 4 is 0 Å². The molecule has 1 aromatic heterocycles. The second kappa shape index (κ2) is 6.43. The molecule has 1 heterocycles. The third kappa shape index (κ3) is 4.26. The quantitative estimate of drug-likeness (QED) is 0.916. The van der Waals surface area contributed by atoms with Crippen LogP contribution in [-0.2, 0) is 12.8 Å². The Bertz CT molecular complexity index is 488. The van der Waals surface area contributed by atoms with Crippen molar-refractivity contribution in [3.05, 3.63) is 22.8 Å². The summed E-state index contributed by atoms with van der Waals surface area (Å²) in [6, 6.07) is 0. The van der Waals surface area contributed by atoms with Gasteiger partial charge in [-0.05, 0) is 71.4 Å². The highest BCUT2D eigenvalue weighted by Crippen LogP contribution is 2.28. The first kappa shape index (κ1) is 16.4. The van der Waals surface area contributed by atoms with E-state index in [4.69, 9.17) is 9.97 Å². The van der Waals surface area contributed by atoms with Gasteiger partial charge in [0, 0.05) is 22.8 Å². The molecule has 1 aliphatic rings. The minimum Gasteiger partial charge on any atom is -0.312 e. The van der Waals surface area contributed by atoms with Crippen LogP contribution in [0, 0.1) is 12.8 Å². The Hall–Kier alpha value is -0.960. The Morgan fingerprint density at radius 1 is 1.29 bits per heavy atom. The van der Waals surface area contributed by atoms with Crippen LogP contribution in [0.15, 0.2) is 0 Å². The summed E-state index contributed by atoms with van der Waals surface area (Å²) in [7, 11) is 0. The van der Waals surface area contributed by atoms with Crippen LogP contribution in [0.4, 0.5) is 0 Å². The average Bonchev–Trinajstić information content (AvgIpc) is 2.43. The number of nitrogens with one attached hydrogen (secondary N) is 1. The molecule has 2 rings (SSSR count). The van der Waals surface area contributed by atoms with E-state index in [-0.39, 0.29) is 5.54 Å². The molecule has 0 aliphatic heterocycles. The standard InChI is InChI=1S/C18H31N3/c1-7-12(2)17-20-13(3)15-10-14(8-9-16(15)21-17)11-19-18(4,5)6/h12,14,19H,7-11H2,1-6H3. The third-order valence-corrected chi connectivity index (χ3v) is 4.57. The van der Waals surface area contributed by atoms with Crippen LogP contribution in [0.5, 0.6) is 0 Å². The SMILES string of the molecule is CCC(C)c1nc(C)c2c(n1)CCC(CNC(C)(C)C)C2. The van der Waals surface area contributed by atoms with Gasteiger partial charge in [0.15, 0.2) is 0 Å². The molecule has 1 aromatic rings. The lowest BCUT2D eigenvalue weighted by atomic mass is 9.85. The van der Waals surface area contributed by atoms with E-state index < -0.39 is 0 Å². The van der Waals surface area contributed by atoms with E-state index in [2.05, 4.69) is 46.9 Å². The van der Waals surface area contributed by atoms with Crippen LogP contribution in [0.2, 0.25) is 0 Å². The summed E-state index contributed by atoms with van der Waals surface area (Å²) < 4.78 is 0. The lowest BCUT2D eigenvalue weighted by Crippen LogP contribution is -2.40. The maximum absolute atomic E-state index is 4.86. The van der Waals surface area contributed by atoms with Crippen molar-refractivity contribution in [1.82, 2.24) is 15.3 Å². The summed E-state index contributed by atoms with van der Waals surface area (Å²) >= 11 is 0. The fourth-order valence-electron chi connectivity index (χ4n) is 2.91. The molecule has 0 saturated heterocycles. The molecule has 3 heteroatoms. The minimum atomic E-state index is 0.201. The molecule has 2 atom stereocenters. The molecule has 3 nitrogen and oxygen atoms in total. The van der Waals surface area contributed by atoms with Crippen molar-refractivity contribution < 1.29 is 0 Å². The Morgan fingerprint density at radius 2 is 2.00 bits per heavy atom. The van der Waals surface area contributed by atoms with E-state index in [1.54, 1.807) is 0 Å². The summed E-state index contributed by atoms with van der Waals surface area (Å²) in [4.78, 5) is 9.63. The monoisotopic (exact) mass is 289 g/mol. The predicted molar refractivity (Wildman–Crippen MR) is 88.7 cm³/mol. The first-order chi connectivity index (χ1) is 9.80. The number of aromatic nitrogens is 2. The van der Waals surface area contributed by atoms with Crippen LogP contribution in [0.3, 0.4) is 0 Å². The Morgan fingerprint density at radius 3 is 2.62 bits per heavy atom. The summed E-state index contributed by atoms with van der Waals surface area (Å²) in [5.74, 6) is 2.22. The molecule has 0 radical (unpaired) electrons. The van der Waals surface area contributed by atoms with Crippen molar-refractivity contribution in [1.29, 1.82) is 0 Å². The number of rotatable bonds is 4. The van der Waals surface area contributed by atoms with Gasteiger partial charge in [-0.1, -0.05) is 13.8 Å². The molecule has 21 heavy (non-hydrogen) atoms. The molecule has 118 valence electrons. The van der Waals surface area contributed by atoms with Gasteiger partial charge in [-0.2, -0.15) is 0 Å². The Labute approximate surface area is 130 Å². The number of hydrogen-bond acceptors (Lipinski definition) is 3. The predicted octanol–water partition coefficient (Wildman–Crippen LogP) is 3.79. The van der Waals surface area contributed by atoms with E-state index in [0.29, 0.717) is 11.8 Å². The van der Waals surface area contributed by atoms with Gasteiger partial charge in [0.05, 0.1) is 0 Å². The van der Waals surface area contributed by atoms with Gasteiger partial charge in [0.25, 0.3) is 0 Å². The maximum Gasteiger partial charge on any atom is 0.131 e. The van der Waals surface area contributed by atoms with Crippen LogP contribution in [0.25, 0.3) is 0 Å². The van der Waals surface area contributed by atoms with Gasteiger partial charge < -0.3 is 5.32 Å². The van der Waals surface area contributed by atoms with Crippen molar-refractivity contribution in [3.63, 3.8) is 0 Å². The van der Waals surface area contributed by atoms with Crippen LogP contribution < -0.4 is 5.32 Å². The van der Waals surface area contributed by atoms with Gasteiger partial charge in [-0.15, -0.1) is 0 Å². The summed E-state index contributed by atoms with van der Waals surface area (Å²) in [6.45, 7) is 14.4. The molecule has 0 amide bonds. The zero-order valence-corrected chi connectivity index (χ0v) is 14.6. The normalized spacial score (nSPS) is 20.2. The van der Waals surface area contributed by atoms with Crippen LogP contribution >= 0.6 is 0 Å². The molecule has 0 spiro atoms. The first-order valence-electron chi connectivity index (χ1n) is 8.41. The van der Waals surface area contributed by atoms with E-state index in [1.807, 2.05) is 0 Å². The van der Waals surface area contributed by atoms with E-state index in [0.717, 1.165) is 31.6 Å². The van der Waals surface area contributed by atoms with Crippen LogP contribution in [-0.4, -0.2) is 22.1 Å². The van der Waals surface area contributed by atoms with Gasteiger partial charge in [0.1, 0.15) is 5.82 Å². The molecular weight excluding hydrogens is 258 g/mol. The zero-order valence-electron chi connectivity index (χ0n) is 14.6. The molecule has 0 bridgehead atoms. The molecule has 0 saturated carbocycles. The average molecular weight is 289 g/mol. The smallest absolute Gasteiger partial charge is 0.131 e. The largest absolute Gasteiger partial charge is 0.312 e. The lowest BCUT2D eigenvalue weighted by Gasteiger charge is -2.29. The molecular formula is C18H31N3. The zero-order chi connectivity index (χ0) is 15.6. The number of aryl methyl sites for hydroxylation is 2. The van der Waals surface area contributed by atoms with Gasteiger partial charge in [0.2, 0.25) is 0 Å². The van der Waals surface area contributed by atoms with E-state index in [9.17, 15) is 0 Å². The van der Waals surface area contributed by atoms with Crippen LogP contribution in [0.1, 0.15) is 76.2 Å².